The minimum absolute atomic E-state index is 0.00200. The summed E-state index contributed by atoms with van der Waals surface area (Å²) in [6.45, 7) is 0. The van der Waals surface area contributed by atoms with Crippen LogP contribution in [0.1, 0.15) is 17.2 Å². The van der Waals surface area contributed by atoms with Crippen molar-refractivity contribution in [1.29, 1.82) is 0 Å². The van der Waals surface area contributed by atoms with Crippen molar-refractivity contribution in [2.24, 2.45) is 0 Å². The fourth-order valence-electron chi connectivity index (χ4n) is 1.82. The predicted octanol–water partition coefficient (Wildman–Crippen LogP) is 4.55. The summed E-state index contributed by atoms with van der Waals surface area (Å²) in [6, 6.07) is 8.33. The van der Waals surface area contributed by atoms with Crippen molar-refractivity contribution in [3.8, 4) is 0 Å². The first-order chi connectivity index (χ1) is 8.99. The van der Waals surface area contributed by atoms with E-state index in [0.29, 0.717) is 5.56 Å². The first kappa shape index (κ1) is 14.3. The second-order valence-electron chi connectivity index (χ2n) is 4.10. The number of rotatable bonds is 3. The van der Waals surface area contributed by atoms with Crippen LogP contribution < -0.4 is 0 Å². The SMILES string of the molecule is OC(Cc1ccc(Cl)c(F)c1)c1c(F)cccc1Cl. The molecule has 100 valence electrons. The molecule has 0 radical (unpaired) electrons. The molecule has 0 bridgehead atoms. The normalized spacial score (nSPS) is 12.5. The Morgan fingerprint density at radius 1 is 1.00 bits per heavy atom. The first-order valence-electron chi connectivity index (χ1n) is 5.55. The van der Waals surface area contributed by atoms with Crippen molar-refractivity contribution >= 4 is 23.2 Å². The van der Waals surface area contributed by atoms with Gasteiger partial charge in [-0.05, 0) is 29.8 Å². The second-order valence-corrected chi connectivity index (χ2v) is 4.92. The molecule has 1 atom stereocenters. The summed E-state index contributed by atoms with van der Waals surface area (Å²) >= 11 is 11.4. The molecule has 2 aromatic carbocycles. The van der Waals surface area contributed by atoms with Gasteiger partial charge in [0.05, 0.1) is 11.1 Å². The number of hydrogen-bond acceptors (Lipinski definition) is 1. The van der Waals surface area contributed by atoms with E-state index in [9.17, 15) is 13.9 Å². The lowest BCUT2D eigenvalue weighted by Gasteiger charge is -2.14. The maximum atomic E-state index is 13.6. The highest BCUT2D eigenvalue weighted by Gasteiger charge is 2.17. The zero-order valence-corrected chi connectivity index (χ0v) is 11.2. The van der Waals surface area contributed by atoms with Crippen LogP contribution in [0.25, 0.3) is 0 Å². The van der Waals surface area contributed by atoms with Crippen molar-refractivity contribution < 1.29 is 13.9 Å². The highest BCUT2D eigenvalue weighted by molar-refractivity contribution is 6.31. The van der Waals surface area contributed by atoms with Crippen LogP contribution in [0.5, 0.6) is 0 Å². The van der Waals surface area contributed by atoms with Crippen LogP contribution in [0.2, 0.25) is 10.0 Å². The molecule has 0 aliphatic rings. The van der Waals surface area contributed by atoms with Gasteiger partial charge in [-0.2, -0.15) is 0 Å². The number of benzene rings is 2. The Labute approximate surface area is 119 Å². The topological polar surface area (TPSA) is 20.2 Å². The molecule has 0 fully saturated rings. The van der Waals surface area contributed by atoms with Crippen molar-refractivity contribution in [2.45, 2.75) is 12.5 Å². The van der Waals surface area contributed by atoms with Crippen molar-refractivity contribution in [3.63, 3.8) is 0 Å². The van der Waals surface area contributed by atoms with Crippen LogP contribution in [0.4, 0.5) is 8.78 Å². The third kappa shape index (κ3) is 3.24. The van der Waals surface area contributed by atoms with E-state index in [0.717, 1.165) is 0 Å². The summed E-state index contributed by atoms with van der Waals surface area (Å²) in [5, 5.41) is 10.2. The Balaban J connectivity index is 2.25. The Bertz CT molecular complexity index is 582. The molecule has 1 nitrogen and oxygen atoms in total. The molecule has 0 aliphatic heterocycles. The summed E-state index contributed by atoms with van der Waals surface area (Å²) in [5.41, 5.74) is 0.522. The molecule has 1 unspecified atom stereocenters. The van der Waals surface area contributed by atoms with Crippen LogP contribution in [0, 0.1) is 11.6 Å². The van der Waals surface area contributed by atoms with Gasteiger partial charge >= 0.3 is 0 Å². The van der Waals surface area contributed by atoms with Gasteiger partial charge in [0.25, 0.3) is 0 Å². The summed E-state index contributed by atoms with van der Waals surface area (Å²) in [7, 11) is 0. The van der Waals surface area contributed by atoms with Crippen LogP contribution >= 0.6 is 23.2 Å². The number of halogens is 4. The lowest BCUT2D eigenvalue weighted by molar-refractivity contribution is 0.173. The summed E-state index contributed by atoms with van der Waals surface area (Å²) in [5.74, 6) is -1.17. The second kappa shape index (κ2) is 5.87. The molecule has 0 heterocycles. The molecular formula is C14H10Cl2F2O. The van der Waals surface area contributed by atoms with Crippen LogP contribution in [-0.2, 0) is 6.42 Å². The summed E-state index contributed by atoms with van der Waals surface area (Å²) < 4.78 is 26.9. The van der Waals surface area contributed by atoms with E-state index in [1.807, 2.05) is 0 Å². The largest absolute Gasteiger partial charge is 0.388 e. The average Bonchev–Trinajstić information content (AvgIpc) is 2.33. The van der Waals surface area contributed by atoms with Gasteiger partial charge in [-0.3, -0.25) is 0 Å². The third-order valence-corrected chi connectivity index (χ3v) is 3.38. The minimum atomic E-state index is -1.14. The number of hydrogen-bond donors (Lipinski definition) is 1. The Hall–Kier alpha value is -1.16. The van der Waals surface area contributed by atoms with Gasteiger partial charge in [0.15, 0.2) is 0 Å². The molecule has 0 aliphatic carbocycles. The smallest absolute Gasteiger partial charge is 0.142 e. The van der Waals surface area contributed by atoms with Gasteiger partial charge in [-0.1, -0.05) is 35.3 Å². The molecule has 1 N–H and O–H groups in total. The first-order valence-corrected chi connectivity index (χ1v) is 6.30. The van der Waals surface area contributed by atoms with Gasteiger partial charge in [-0.15, -0.1) is 0 Å². The van der Waals surface area contributed by atoms with Crippen molar-refractivity contribution in [3.05, 3.63) is 69.2 Å². The quantitative estimate of drug-likeness (QED) is 0.882. The molecule has 0 spiro atoms. The highest BCUT2D eigenvalue weighted by atomic mass is 35.5. The third-order valence-electron chi connectivity index (χ3n) is 2.75. The lowest BCUT2D eigenvalue weighted by atomic mass is 10.0. The molecule has 2 rings (SSSR count). The zero-order chi connectivity index (χ0) is 14.0. The zero-order valence-electron chi connectivity index (χ0n) is 9.71. The molecule has 0 amide bonds. The van der Waals surface area contributed by atoms with Crippen LogP contribution in [0.3, 0.4) is 0 Å². The summed E-state index contributed by atoms with van der Waals surface area (Å²) in [4.78, 5) is 0. The molecule has 5 heteroatoms. The van der Waals surface area contributed by atoms with E-state index in [-0.39, 0.29) is 22.0 Å². The monoisotopic (exact) mass is 302 g/mol. The Morgan fingerprint density at radius 3 is 2.37 bits per heavy atom. The van der Waals surface area contributed by atoms with Gasteiger partial charge in [0, 0.05) is 17.0 Å². The molecular weight excluding hydrogens is 293 g/mol. The van der Waals surface area contributed by atoms with Crippen molar-refractivity contribution in [1.82, 2.24) is 0 Å². The predicted molar refractivity (Wildman–Crippen MR) is 71.5 cm³/mol. The van der Waals surface area contributed by atoms with Crippen LogP contribution in [-0.4, -0.2) is 5.11 Å². The molecule has 19 heavy (non-hydrogen) atoms. The fourth-order valence-corrected chi connectivity index (χ4v) is 2.23. The van der Waals surface area contributed by atoms with Crippen molar-refractivity contribution in [2.75, 3.05) is 0 Å². The molecule has 0 aromatic heterocycles. The maximum absolute atomic E-state index is 13.6. The standard InChI is InChI=1S/C14H10Cl2F2O/c15-9-5-4-8(6-12(9)18)7-13(19)14-10(16)2-1-3-11(14)17/h1-6,13,19H,7H2. The van der Waals surface area contributed by atoms with Gasteiger partial charge in [0.1, 0.15) is 11.6 Å². The van der Waals surface area contributed by atoms with E-state index < -0.39 is 17.7 Å². The molecule has 0 saturated carbocycles. The molecule has 0 saturated heterocycles. The minimum Gasteiger partial charge on any atom is -0.388 e. The lowest BCUT2D eigenvalue weighted by Crippen LogP contribution is -2.05. The fraction of sp³-hybridized carbons (Fsp3) is 0.143. The van der Waals surface area contributed by atoms with E-state index in [4.69, 9.17) is 23.2 Å². The van der Waals surface area contributed by atoms with Gasteiger partial charge in [0.2, 0.25) is 0 Å². The number of aliphatic hydroxyl groups is 1. The van der Waals surface area contributed by atoms with Crippen LogP contribution in [0.15, 0.2) is 36.4 Å². The van der Waals surface area contributed by atoms with E-state index in [2.05, 4.69) is 0 Å². The Morgan fingerprint density at radius 2 is 1.74 bits per heavy atom. The van der Waals surface area contributed by atoms with E-state index in [1.165, 1.54) is 30.3 Å². The number of aliphatic hydroxyl groups excluding tert-OH is 1. The molecule has 2 aromatic rings. The van der Waals surface area contributed by atoms with Gasteiger partial charge in [-0.25, -0.2) is 8.78 Å². The Kier molecular flexibility index (Phi) is 4.40. The summed E-state index contributed by atoms with van der Waals surface area (Å²) in [6.07, 6.45) is -1.09. The van der Waals surface area contributed by atoms with Gasteiger partial charge < -0.3 is 5.11 Å². The highest BCUT2D eigenvalue weighted by Crippen LogP contribution is 2.28. The van der Waals surface area contributed by atoms with E-state index >= 15 is 0 Å². The van der Waals surface area contributed by atoms with E-state index in [1.54, 1.807) is 6.07 Å². The average molecular weight is 303 g/mol. The maximum Gasteiger partial charge on any atom is 0.142 e.